The van der Waals surface area contributed by atoms with Gasteiger partial charge in [-0.15, -0.1) is 0 Å². The molecule has 1 aromatic heterocycles. The van der Waals surface area contributed by atoms with Gasteiger partial charge in [0.05, 0.1) is 11.1 Å². The van der Waals surface area contributed by atoms with Crippen LogP contribution in [0.1, 0.15) is 32.1 Å². The minimum Gasteiger partial charge on any atom is -0.396 e. The third-order valence-electron chi connectivity index (χ3n) is 3.55. The summed E-state index contributed by atoms with van der Waals surface area (Å²) in [5, 5.41) is 12.9. The largest absolute Gasteiger partial charge is 0.396 e. The summed E-state index contributed by atoms with van der Waals surface area (Å²) in [7, 11) is 0. The summed E-state index contributed by atoms with van der Waals surface area (Å²) in [6.45, 7) is 1.03. The van der Waals surface area contributed by atoms with E-state index >= 15 is 0 Å². The molecule has 0 atom stereocenters. The standard InChI is InChI=1S/C12H18BrN3O/c13-10-6-14-9-16-11(10)15-7-12(8-17)4-2-1-3-5-12/h6,9,17H,1-5,7-8H2,(H,14,15,16). The summed E-state index contributed by atoms with van der Waals surface area (Å²) >= 11 is 3.41. The Kier molecular flexibility index (Phi) is 4.34. The fourth-order valence-electron chi connectivity index (χ4n) is 2.41. The lowest BCUT2D eigenvalue weighted by Gasteiger charge is -2.35. The third-order valence-corrected chi connectivity index (χ3v) is 4.13. The van der Waals surface area contributed by atoms with Gasteiger partial charge in [-0.2, -0.15) is 0 Å². The minimum atomic E-state index is 0.0304. The molecular formula is C12H18BrN3O. The second-order valence-corrected chi connectivity index (χ2v) is 5.65. The van der Waals surface area contributed by atoms with Crippen molar-refractivity contribution in [3.63, 3.8) is 0 Å². The zero-order valence-electron chi connectivity index (χ0n) is 9.82. The molecule has 17 heavy (non-hydrogen) atoms. The molecule has 1 aliphatic carbocycles. The van der Waals surface area contributed by atoms with Crippen LogP contribution in [0.15, 0.2) is 17.0 Å². The van der Waals surface area contributed by atoms with Crippen LogP contribution in [0.2, 0.25) is 0 Å². The highest BCUT2D eigenvalue weighted by molar-refractivity contribution is 9.10. The third kappa shape index (κ3) is 3.16. The monoisotopic (exact) mass is 299 g/mol. The zero-order chi connectivity index (χ0) is 12.1. The van der Waals surface area contributed by atoms with Crippen LogP contribution in [-0.4, -0.2) is 28.2 Å². The molecule has 1 aliphatic rings. The van der Waals surface area contributed by atoms with Crippen LogP contribution in [0.4, 0.5) is 5.82 Å². The topological polar surface area (TPSA) is 58.0 Å². The average Bonchev–Trinajstić information content (AvgIpc) is 2.39. The lowest BCUT2D eigenvalue weighted by Crippen LogP contribution is -2.35. The van der Waals surface area contributed by atoms with Gasteiger partial charge in [-0.05, 0) is 28.8 Å². The van der Waals surface area contributed by atoms with Gasteiger partial charge in [0.15, 0.2) is 0 Å². The second-order valence-electron chi connectivity index (χ2n) is 4.79. The summed E-state index contributed by atoms with van der Waals surface area (Å²) in [4.78, 5) is 8.11. The minimum absolute atomic E-state index is 0.0304. The van der Waals surface area contributed by atoms with E-state index in [2.05, 4.69) is 31.2 Å². The molecule has 1 aromatic rings. The van der Waals surface area contributed by atoms with Crippen molar-refractivity contribution >= 4 is 21.7 Å². The highest BCUT2D eigenvalue weighted by atomic mass is 79.9. The molecular weight excluding hydrogens is 282 g/mol. The first-order valence-corrected chi connectivity index (χ1v) is 6.85. The number of aliphatic hydroxyl groups is 1. The van der Waals surface area contributed by atoms with E-state index in [1.165, 1.54) is 25.6 Å². The molecule has 1 heterocycles. The molecule has 0 unspecified atom stereocenters. The van der Waals surface area contributed by atoms with Gasteiger partial charge in [-0.3, -0.25) is 0 Å². The highest BCUT2D eigenvalue weighted by Crippen LogP contribution is 2.36. The number of halogens is 1. The number of aromatic nitrogens is 2. The summed E-state index contributed by atoms with van der Waals surface area (Å²) in [6, 6.07) is 0. The van der Waals surface area contributed by atoms with Gasteiger partial charge in [0, 0.05) is 18.2 Å². The number of nitrogens with one attached hydrogen (secondary N) is 1. The van der Waals surface area contributed by atoms with E-state index in [4.69, 9.17) is 0 Å². The zero-order valence-corrected chi connectivity index (χ0v) is 11.4. The lowest BCUT2D eigenvalue weighted by atomic mass is 9.74. The van der Waals surface area contributed by atoms with Crippen LogP contribution in [0.3, 0.4) is 0 Å². The molecule has 0 radical (unpaired) electrons. The first kappa shape index (κ1) is 12.8. The summed E-state index contributed by atoms with van der Waals surface area (Å²) < 4.78 is 0.865. The maximum absolute atomic E-state index is 9.60. The molecule has 1 fully saturated rings. The van der Waals surface area contributed by atoms with E-state index in [0.29, 0.717) is 0 Å². The Morgan fingerprint density at radius 2 is 2.12 bits per heavy atom. The van der Waals surface area contributed by atoms with Gasteiger partial charge in [-0.25, -0.2) is 9.97 Å². The molecule has 0 bridgehead atoms. The molecule has 4 nitrogen and oxygen atoms in total. The molecule has 94 valence electrons. The fraction of sp³-hybridized carbons (Fsp3) is 0.667. The summed E-state index contributed by atoms with van der Waals surface area (Å²) in [5.41, 5.74) is 0.0304. The van der Waals surface area contributed by atoms with Crippen molar-refractivity contribution in [1.82, 2.24) is 9.97 Å². The predicted molar refractivity (Wildman–Crippen MR) is 70.8 cm³/mol. The normalized spacial score (nSPS) is 18.9. The van der Waals surface area contributed by atoms with Crippen LogP contribution in [0, 0.1) is 5.41 Å². The summed E-state index contributed by atoms with van der Waals surface area (Å²) in [6.07, 6.45) is 9.17. The number of hydrogen-bond donors (Lipinski definition) is 2. The molecule has 5 heteroatoms. The van der Waals surface area contributed by atoms with Gasteiger partial charge < -0.3 is 10.4 Å². The van der Waals surface area contributed by atoms with Gasteiger partial charge in [0.1, 0.15) is 12.1 Å². The quantitative estimate of drug-likeness (QED) is 0.897. The fourth-order valence-corrected chi connectivity index (χ4v) is 2.77. The Bertz CT molecular complexity index is 367. The number of nitrogens with zero attached hydrogens (tertiary/aromatic N) is 2. The van der Waals surface area contributed by atoms with Gasteiger partial charge in [0.25, 0.3) is 0 Å². The molecule has 2 N–H and O–H groups in total. The number of hydrogen-bond acceptors (Lipinski definition) is 4. The Morgan fingerprint density at radius 3 is 2.76 bits per heavy atom. The maximum atomic E-state index is 9.60. The molecule has 2 rings (SSSR count). The Labute approximate surface area is 110 Å². The van der Waals surface area contributed by atoms with Crippen LogP contribution in [0.5, 0.6) is 0 Å². The van der Waals surface area contributed by atoms with Gasteiger partial charge in [0.2, 0.25) is 0 Å². The van der Waals surface area contributed by atoms with Crippen LogP contribution in [0.25, 0.3) is 0 Å². The second kappa shape index (κ2) is 5.78. The van der Waals surface area contributed by atoms with E-state index in [1.807, 2.05) is 0 Å². The Balaban J connectivity index is 1.98. The first-order chi connectivity index (χ1) is 8.26. The smallest absolute Gasteiger partial charge is 0.143 e. The molecule has 0 saturated heterocycles. The first-order valence-electron chi connectivity index (χ1n) is 6.06. The van der Waals surface area contributed by atoms with E-state index in [-0.39, 0.29) is 12.0 Å². The van der Waals surface area contributed by atoms with Crippen molar-refractivity contribution in [3.05, 3.63) is 17.0 Å². The number of aliphatic hydroxyl groups excluding tert-OH is 1. The van der Waals surface area contributed by atoms with Crippen LogP contribution in [-0.2, 0) is 0 Å². The molecule has 0 aromatic carbocycles. The van der Waals surface area contributed by atoms with Gasteiger partial charge in [-0.1, -0.05) is 19.3 Å². The Morgan fingerprint density at radius 1 is 1.35 bits per heavy atom. The molecule has 0 amide bonds. The Hall–Kier alpha value is -0.680. The average molecular weight is 300 g/mol. The number of anilines is 1. The molecule has 1 saturated carbocycles. The van der Waals surface area contributed by atoms with Crippen molar-refractivity contribution in [2.24, 2.45) is 5.41 Å². The maximum Gasteiger partial charge on any atom is 0.143 e. The van der Waals surface area contributed by atoms with Gasteiger partial charge >= 0.3 is 0 Å². The van der Waals surface area contributed by atoms with Crippen molar-refractivity contribution in [3.8, 4) is 0 Å². The predicted octanol–water partition coefficient (Wildman–Crippen LogP) is 2.59. The van der Waals surface area contributed by atoms with Crippen molar-refractivity contribution < 1.29 is 5.11 Å². The van der Waals surface area contributed by atoms with Crippen molar-refractivity contribution in [1.29, 1.82) is 0 Å². The van der Waals surface area contributed by atoms with E-state index in [1.54, 1.807) is 6.20 Å². The highest BCUT2D eigenvalue weighted by Gasteiger charge is 2.31. The van der Waals surface area contributed by atoms with E-state index in [0.717, 1.165) is 29.7 Å². The van der Waals surface area contributed by atoms with Crippen LogP contribution < -0.4 is 5.32 Å². The lowest BCUT2D eigenvalue weighted by molar-refractivity contribution is 0.0943. The SMILES string of the molecule is OCC1(CNc2ncncc2Br)CCCCC1. The van der Waals surface area contributed by atoms with Crippen LogP contribution >= 0.6 is 15.9 Å². The summed E-state index contributed by atoms with van der Waals surface area (Å²) in [5.74, 6) is 0.804. The molecule has 0 spiro atoms. The molecule has 0 aliphatic heterocycles. The van der Waals surface area contributed by atoms with E-state index in [9.17, 15) is 5.11 Å². The van der Waals surface area contributed by atoms with Crippen molar-refractivity contribution in [2.75, 3.05) is 18.5 Å². The number of rotatable bonds is 4. The van der Waals surface area contributed by atoms with E-state index < -0.39 is 0 Å². The van der Waals surface area contributed by atoms with Crippen molar-refractivity contribution in [2.45, 2.75) is 32.1 Å².